The van der Waals surface area contributed by atoms with E-state index in [0.29, 0.717) is 39.5 Å². The molecule has 2 atom stereocenters. The first-order valence-corrected chi connectivity index (χ1v) is 20.2. The summed E-state index contributed by atoms with van der Waals surface area (Å²) in [4.78, 5) is 0. The lowest BCUT2D eigenvalue weighted by Crippen LogP contribution is -2.41. The Morgan fingerprint density at radius 2 is 1.25 bits per heavy atom. The molecule has 280 valence electrons. The van der Waals surface area contributed by atoms with Crippen LogP contribution in [0.5, 0.6) is 11.5 Å². The zero-order valence-corrected chi connectivity index (χ0v) is 34.1. The molecule has 0 saturated heterocycles. The van der Waals surface area contributed by atoms with E-state index < -0.39 is 19.5 Å². The van der Waals surface area contributed by atoms with E-state index in [4.69, 9.17) is 28.0 Å². The Balaban J connectivity index is 2.05. The minimum absolute atomic E-state index is 0.187. The molecule has 3 aromatic rings. The van der Waals surface area contributed by atoms with Crippen molar-refractivity contribution in [2.45, 2.75) is 84.4 Å². The molecule has 3 aromatic carbocycles. The predicted molar refractivity (Wildman–Crippen MR) is 211 cm³/mol. The Morgan fingerprint density at radius 3 is 1.76 bits per heavy atom. The van der Waals surface area contributed by atoms with Gasteiger partial charge in [-0.15, -0.1) is 0 Å². The molecular weight excluding hydrogens is 727 g/mol. The van der Waals surface area contributed by atoms with Crippen molar-refractivity contribution in [3.63, 3.8) is 0 Å². The lowest BCUT2D eigenvalue weighted by atomic mass is 9.79. The maximum absolute atomic E-state index is 9.24. The van der Waals surface area contributed by atoms with Gasteiger partial charge in [-0.3, -0.25) is 0 Å². The number of ether oxygens (including phenoxy) is 4. The first-order valence-electron chi connectivity index (χ1n) is 18.0. The molecule has 0 bridgehead atoms. The second kappa shape index (κ2) is 22.5. The SMILES string of the molecule is COc1ccc(C(OCC(C)(COCCCCCCBr)COP(OCCC#N)N(C(C)C)C(C)C)(c2ccccc2)c2ccc(OC)cc2)cc1. The van der Waals surface area contributed by atoms with E-state index in [1.807, 2.05) is 42.5 Å². The maximum atomic E-state index is 9.24. The van der Waals surface area contributed by atoms with Crippen LogP contribution < -0.4 is 9.47 Å². The molecule has 0 radical (unpaired) electrons. The summed E-state index contributed by atoms with van der Waals surface area (Å²) in [7, 11) is 1.89. The van der Waals surface area contributed by atoms with Crippen LogP contribution in [0.3, 0.4) is 0 Å². The summed E-state index contributed by atoms with van der Waals surface area (Å²) >= 11 is 3.53. The standard InChI is InChI=1S/C41H58BrN2O6P/c1-33(2)44(34(3)4)51(49-29-15-27-43)50-32-40(5,30-47-28-14-9-8-13-26-42)31-48-41(35-16-11-10-12-17-35,36-18-22-38(45-6)23-19-36)37-20-24-39(46-7)25-21-37/h10-12,16-25,33-34H,8-9,13-15,26,28-32H2,1-7H3. The number of unbranched alkanes of at least 4 members (excludes halogenated alkanes) is 3. The van der Waals surface area contributed by atoms with E-state index in [-0.39, 0.29) is 12.1 Å². The van der Waals surface area contributed by atoms with Gasteiger partial charge in [0.15, 0.2) is 0 Å². The molecule has 10 heteroatoms. The Kier molecular flexibility index (Phi) is 18.9. The third-order valence-electron chi connectivity index (χ3n) is 8.62. The van der Waals surface area contributed by atoms with Gasteiger partial charge < -0.3 is 28.0 Å². The van der Waals surface area contributed by atoms with Crippen LogP contribution in [0.25, 0.3) is 0 Å². The van der Waals surface area contributed by atoms with E-state index in [1.54, 1.807) is 14.2 Å². The van der Waals surface area contributed by atoms with Gasteiger partial charge in [0.2, 0.25) is 0 Å². The monoisotopic (exact) mass is 784 g/mol. The average molecular weight is 786 g/mol. The van der Waals surface area contributed by atoms with Gasteiger partial charge in [0.05, 0.1) is 53.1 Å². The molecule has 0 amide bonds. The summed E-state index contributed by atoms with van der Waals surface area (Å²) in [5.41, 5.74) is 1.37. The summed E-state index contributed by atoms with van der Waals surface area (Å²) in [5.74, 6) is 1.53. The molecule has 51 heavy (non-hydrogen) atoms. The van der Waals surface area contributed by atoms with Gasteiger partial charge in [0, 0.05) is 29.4 Å². The number of rotatable bonds is 25. The highest BCUT2D eigenvalue weighted by Crippen LogP contribution is 2.48. The van der Waals surface area contributed by atoms with E-state index in [9.17, 15) is 5.26 Å². The second-order valence-electron chi connectivity index (χ2n) is 13.6. The molecule has 0 aromatic heterocycles. The normalized spacial score (nSPS) is 13.7. The number of benzene rings is 3. The lowest BCUT2D eigenvalue weighted by Gasteiger charge is -2.41. The summed E-state index contributed by atoms with van der Waals surface area (Å²) in [5, 5.41) is 10.3. The second-order valence-corrected chi connectivity index (χ2v) is 15.8. The van der Waals surface area contributed by atoms with Crippen molar-refractivity contribution in [2.24, 2.45) is 5.41 Å². The van der Waals surface area contributed by atoms with Crippen molar-refractivity contribution in [2.75, 3.05) is 52.6 Å². The molecule has 3 rings (SSSR count). The first kappa shape index (κ1) is 42.9. The lowest BCUT2D eigenvalue weighted by molar-refractivity contribution is -0.0804. The minimum atomic E-state index is -1.45. The summed E-state index contributed by atoms with van der Waals surface area (Å²) in [6, 6.07) is 29.0. The molecule has 8 nitrogen and oxygen atoms in total. The molecule has 0 spiro atoms. The van der Waals surface area contributed by atoms with Gasteiger partial charge in [-0.2, -0.15) is 5.26 Å². The predicted octanol–water partition coefficient (Wildman–Crippen LogP) is 10.3. The Labute approximate surface area is 316 Å². The number of hydrogen-bond donors (Lipinski definition) is 0. The minimum Gasteiger partial charge on any atom is -0.497 e. The Hall–Kier alpha value is -2.54. The number of hydrogen-bond acceptors (Lipinski definition) is 8. The van der Waals surface area contributed by atoms with Gasteiger partial charge in [-0.1, -0.05) is 90.3 Å². The van der Waals surface area contributed by atoms with Crippen LogP contribution in [0.15, 0.2) is 78.9 Å². The molecule has 0 saturated carbocycles. The van der Waals surface area contributed by atoms with E-state index in [2.05, 4.69) is 97.7 Å². The quantitative estimate of drug-likeness (QED) is 0.0364. The molecule has 0 N–H and O–H groups in total. The topological polar surface area (TPSA) is 82.4 Å². The molecule has 0 heterocycles. The van der Waals surface area contributed by atoms with Crippen molar-refractivity contribution in [3.8, 4) is 17.6 Å². The van der Waals surface area contributed by atoms with Crippen LogP contribution in [-0.4, -0.2) is 69.3 Å². The fraction of sp³-hybridized carbons (Fsp3) is 0.537. The summed E-state index contributed by atoms with van der Waals surface area (Å²) < 4.78 is 40.1. The number of nitriles is 1. The smallest absolute Gasteiger partial charge is 0.259 e. The van der Waals surface area contributed by atoms with Gasteiger partial charge in [0.25, 0.3) is 8.53 Å². The third-order valence-corrected chi connectivity index (χ3v) is 11.2. The van der Waals surface area contributed by atoms with Gasteiger partial charge in [-0.25, -0.2) is 4.67 Å². The van der Waals surface area contributed by atoms with Crippen LogP contribution in [0.1, 0.15) is 83.4 Å². The summed E-state index contributed by atoms with van der Waals surface area (Å²) in [6.45, 7) is 12.8. The van der Waals surface area contributed by atoms with E-state index in [0.717, 1.165) is 52.8 Å². The van der Waals surface area contributed by atoms with Crippen LogP contribution in [-0.2, 0) is 24.1 Å². The first-order chi connectivity index (χ1) is 24.6. The zero-order valence-electron chi connectivity index (χ0n) is 31.6. The van der Waals surface area contributed by atoms with Gasteiger partial charge in [0.1, 0.15) is 17.1 Å². The fourth-order valence-electron chi connectivity index (χ4n) is 5.98. The third kappa shape index (κ3) is 12.8. The van der Waals surface area contributed by atoms with E-state index >= 15 is 0 Å². The molecule has 0 aliphatic heterocycles. The number of methoxy groups -OCH3 is 2. The number of halogens is 1. The molecule has 0 aliphatic carbocycles. The number of nitrogens with zero attached hydrogens (tertiary/aromatic N) is 2. The van der Waals surface area contributed by atoms with Crippen molar-refractivity contribution in [3.05, 3.63) is 95.6 Å². The Bertz CT molecular complexity index is 1370. The maximum Gasteiger partial charge on any atom is 0.259 e. The van der Waals surface area contributed by atoms with Crippen LogP contribution >= 0.6 is 24.5 Å². The summed E-state index contributed by atoms with van der Waals surface area (Å²) in [6.07, 6.45) is 4.75. The fourth-order valence-corrected chi connectivity index (χ4v) is 8.14. The number of alkyl halides is 1. The van der Waals surface area contributed by atoms with Crippen molar-refractivity contribution >= 4 is 24.5 Å². The highest BCUT2D eigenvalue weighted by molar-refractivity contribution is 9.09. The highest BCUT2D eigenvalue weighted by Gasteiger charge is 2.41. The van der Waals surface area contributed by atoms with Gasteiger partial charge >= 0.3 is 0 Å². The van der Waals surface area contributed by atoms with Crippen molar-refractivity contribution in [1.29, 1.82) is 5.26 Å². The Morgan fingerprint density at radius 1 is 0.706 bits per heavy atom. The van der Waals surface area contributed by atoms with Crippen LogP contribution in [0.4, 0.5) is 0 Å². The van der Waals surface area contributed by atoms with Crippen LogP contribution in [0.2, 0.25) is 0 Å². The molecular formula is C41H58BrN2O6P. The molecule has 2 unspecified atom stereocenters. The molecule has 0 aliphatic rings. The highest BCUT2D eigenvalue weighted by atomic mass is 79.9. The molecule has 0 fully saturated rings. The largest absolute Gasteiger partial charge is 0.497 e. The zero-order chi connectivity index (χ0) is 37.1. The van der Waals surface area contributed by atoms with Crippen LogP contribution in [0, 0.1) is 16.7 Å². The van der Waals surface area contributed by atoms with Crippen molar-refractivity contribution in [1.82, 2.24) is 4.67 Å². The van der Waals surface area contributed by atoms with E-state index in [1.165, 1.54) is 6.42 Å². The average Bonchev–Trinajstić information content (AvgIpc) is 3.14. The van der Waals surface area contributed by atoms with Gasteiger partial charge in [-0.05, 0) is 81.5 Å². The van der Waals surface area contributed by atoms with Crippen molar-refractivity contribution < 1.29 is 28.0 Å².